The van der Waals surface area contributed by atoms with Crippen LogP contribution in [0.15, 0.2) is 18.2 Å². The van der Waals surface area contributed by atoms with Crippen LogP contribution < -0.4 is 10.6 Å². The molecular formula is C16H28N2. The van der Waals surface area contributed by atoms with Crippen molar-refractivity contribution in [1.29, 1.82) is 0 Å². The van der Waals surface area contributed by atoms with E-state index in [-0.39, 0.29) is 6.04 Å². The quantitative estimate of drug-likeness (QED) is 0.885. The van der Waals surface area contributed by atoms with Gasteiger partial charge >= 0.3 is 0 Å². The standard InChI is InChI=1S/C16H28N2/c1-12-7-8-15(14(9-12)10-13(2)17)18(6)11-16(3,4)5/h7-9,13H,10-11,17H2,1-6H3. The van der Waals surface area contributed by atoms with Crippen molar-refractivity contribution in [3.63, 3.8) is 0 Å². The van der Waals surface area contributed by atoms with Crippen molar-refractivity contribution >= 4 is 5.69 Å². The molecule has 0 saturated heterocycles. The molecule has 0 aliphatic heterocycles. The average Bonchev–Trinajstić information content (AvgIpc) is 2.13. The Morgan fingerprint density at radius 1 is 1.28 bits per heavy atom. The number of nitrogens with zero attached hydrogens (tertiary/aromatic N) is 1. The van der Waals surface area contributed by atoms with E-state index < -0.39 is 0 Å². The van der Waals surface area contributed by atoms with Crippen molar-refractivity contribution in [3.05, 3.63) is 29.3 Å². The largest absolute Gasteiger partial charge is 0.374 e. The third-order valence-electron chi connectivity index (χ3n) is 2.90. The fraction of sp³-hybridized carbons (Fsp3) is 0.625. The maximum absolute atomic E-state index is 5.95. The highest BCUT2D eigenvalue weighted by Gasteiger charge is 2.16. The summed E-state index contributed by atoms with van der Waals surface area (Å²) in [6, 6.07) is 6.86. The highest BCUT2D eigenvalue weighted by atomic mass is 15.1. The number of rotatable bonds is 4. The van der Waals surface area contributed by atoms with Gasteiger partial charge in [-0.15, -0.1) is 0 Å². The molecule has 1 atom stereocenters. The molecule has 1 rings (SSSR count). The summed E-state index contributed by atoms with van der Waals surface area (Å²) in [5.41, 5.74) is 10.2. The minimum absolute atomic E-state index is 0.202. The second-order valence-electron chi connectivity index (χ2n) is 6.73. The highest BCUT2D eigenvalue weighted by molar-refractivity contribution is 5.55. The fourth-order valence-corrected chi connectivity index (χ4v) is 2.39. The molecule has 0 heterocycles. The zero-order valence-corrected chi connectivity index (χ0v) is 12.7. The van der Waals surface area contributed by atoms with Crippen LogP contribution in [0.5, 0.6) is 0 Å². The normalized spacial score (nSPS) is 13.5. The predicted molar refractivity (Wildman–Crippen MR) is 81.3 cm³/mol. The van der Waals surface area contributed by atoms with E-state index in [0.29, 0.717) is 5.41 Å². The lowest BCUT2D eigenvalue weighted by atomic mass is 9.95. The minimum atomic E-state index is 0.202. The molecule has 102 valence electrons. The summed E-state index contributed by atoms with van der Waals surface area (Å²) in [5, 5.41) is 0. The molecule has 2 nitrogen and oxygen atoms in total. The van der Waals surface area contributed by atoms with Crippen LogP contribution in [0.2, 0.25) is 0 Å². The lowest BCUT2D eigenvalue weighted by Crippen LogP contribution is -2.30. The molecule has 0 spiro atoms. The molecule has 1 aromatic carbocycles. The smallest absolute Gasteiger partial charge is 0.0397 e. The number of hydrogen-bond acceptors (Lipinski definition) is 2. The van der Waals surface area contributed by atoms with E-state index in [0.717, 1.165) is 13.0 Å². The van der Waals surface area contributed by atoms with Crippen LogP contribution in [-0.2, 0) is 6.42 Å². The molecule has 0 fully saturated rings. The molecule has 1 aromatic rings. The molecule has 0 aliphatic carbocycles. The molecule has 2 N–H and O–H groups in total. The van der Waals surface area contributed by atoms with Crippen LogP contribution >= 0.6 is 0 Å². The van der Waals surface area contributed by atoms with Gasteiger partial charge in [0.05, 0.1) is 0 Å². The van der Waals surface area contributed by atoms with Gasteiger partial charge in [-0.05, 0) is 37.3 Å². The summed E-state index contributed by atoms with van der Waals surface area (Å²) in [4.78, 5) is 2.34. The molecular weight excluding hydrogens is 220 g/mol. The molecule has 0 saturated carbocycles. The average molecular weight is 248 g/mol. The molecule has 0 aromatic heterocycles. The Balaban J connectivity index is 2.99. The maximum atomic E-state index is 5.95. The van der Waals surface area contributed by atoms with Gasteiger partial charge in [0.15, 0.2) is 0 Å². The van der Waals surface area contributed by atoms with Gasteiger partial charge in [-0.2, -0.15) is 0 Å². The van der Waals surface area contributed by atoms with E-state index in [4.69, 9.17) is 5.73 Å². The summed E-state index contributed by atoms with van der Waals surface area (Å²) in [6.45, 7) is 12.0. The molecule has 0 bridgehead atoms. The Kier molecular flexibility index (Phi) is 4.80. The maximum Gasteiger partial charge on any atom is 0.0397 e. The predicted octanol–water partition coefficient (Wildman–Crippen LogP) is 3.37. The zero-order valence-electron chi connectivity index (χ0n) is 12.7. The molecule has 0 aliphatic rings. The minimum Gasteiger partial charge on any atom is -0.374 e. The summed E-state index contributed by atoms with van der Waals surface area (Å²) < 4.78 is 0. The van der Waals surface area contributed by atoms with Gasteiger partial charge in [-0.1, -0.05) is 38.5 Å². The van der Waals surface area contributed by atoms with Crippen LogP contribution in [0.4, 0.5) is 5.69 Å². The topological polar surface area (TPSA) is 29.3 Å². The number of aryl methyl sites for hydroxylation is 1. The molecule has 0 amide bonds. The zero-order chi connectivity index (χ0) is 13.9. The monoisotopic (exact) mass is 248 g/mol. The van der Waals surface area contributed by atoms with Crippen molar-refractivity contribution in [2.24, 2.45) is 11.1 Å². The first kappa shape index (κ1) is 15.0. The lowest BCUT2D eigenvalue weighted by Gasteiger charge is -2.30. The summed E-state index contributed by atoms with van der Waals surface area (Å²) >= 11 is 0. The van der Waals surface area contributed by atoms with E-state index in [1.165, 1.54) is 16.8 Å². The summed E-state index contributed by atoms with van der Waals surface area (Å²) in [6.07, 6.45) is 0.936. The van der Waals surface area contributed by atoms with Gasteiger partial charge in [0.1, 0.15) is 0 Å². The summed E-state index contributed by atoms with van der Waals surface area (Å²) in [5.74, 6) is 0. The van der Waals surface area contributed by atoms with Crippen LogP contribution in [0.25, 0.3) is 0 Å². The number of anilines is 1. The van der Waals surface area contributed by atoms with Gasteiger partial charge < -0.3 is 10.6 Å². The molecule has 2 heteroatoms. The SMILES string of the molecule is Cc1ccc(N(C)CC(C)(C)C)c(CC(C)N)c1. The first-order valence-electron chi connectivity index (χ1n) is 6.75. The Morgan fingerprint density at radius 3 is 2.39 bits per heavy atom. The third kappa shape index (κ3) is 4.69. The molecule has 0 radical (unpaired) electrons. The summed E-state index contributed by atoms with van der Waals surface area (Å²) in [7, 11) is 2.17. The molecule has 1 unspecified atom stereocenters. The first-order chi connectivity index (χ1) is 8.19. The van der Waals surface area contributed by atoms with Gasteiger partial charge in [0.25, 0.3) is 0 Å². The van der Waals surface area contributed by atoms with Gasteiger partial charge in [0.2, 0.25) is 0 Å². The van der Waals surface area contributed by atoms with Crippen molar-refractivity contribution in [1.82, 2.24) is 0 Å². The van der Waals surface area contributed by atoms with Crippen molar-refractivity contribution in [3.8, 4) is 0 Å². The Hall–Kier alpha value is -1.02. The van der Waals surface area contributed by atoms with Crippen LogP contribution in [0.1, 0.15) is 38.8 Å². The number of nitrogens with two attached hydrogens (primary N) is 1. The van der Waals surface area contributed by atoms with Crippen LogP contribution in [-0.4, -0.2) is 19.6 Å². The van der Waals surface area contributed by atoms with E-state index in [2.05, 4.69) is 64.8 Å². The van der Waals surface area contributed by atoms with E-state index in [9.17, 15) is 0 Å². The number of benzene rings is 1. The Morgan fingerprint density at radius 2 is 1.89 bits per heavy atom. The molecule has 18 heavy (non-hydrogen) atoms. The lowest BCUT2D eigenvalue weighted by molar-refractivity contribution is 0.418. The van der Waals surface area contributed by atoms with Gasteiger partial charge in [-0.3, -0.25) is 0 Å². The second-order valence-corrected chi connectivity index (χ2v) is 6.73. The highest BCUT2D eigenvalue weighted by Crippen LogP contribution is 2.25. The van der Waals surface area contributed by atoms with Crippen molar-refractivity contribution in [2.45, 2.75) is 47.1 Å². The fourth-order valence-electron chi connectivity index (χ4n) is 2.39. The number of hydrogen-bond donors (Lipinski definition) is 1. The Bertz CT molecular complexity index is 389. The van der Waals surface area contributed by atoms with Crippen molar-refractivity contribution in [2.75, 3.05) is 18.5 Å². The van der Waals surface area contributed by atoms with E-state index >= 15 is 0 Å². The van der Waals surface area contributed by atoms with E-state index in [1.54, 1.807) is 0 Å². The van der Waals surface area contributed by atoms with Crippen LogP contribution in [0, 0.1) is 12.3 Å². The van der Waals surface area contributed by atoms with Crippen molar-refractivity contribution < 1.29 is 0 Å². The third-order valence-corrected chi connectivity index (χ3v) is 2.90. The van der Waals surface area contributed by atoms with Gasteiger partial charge in [-0.25, -0.2) is 0 Å². The van der Waals surface area contributed by atoms with Gasteiger partial charge in [0, 0.05) is 25.3 Å². The second kappa shape index (κ2) is 5.75. The van der Waals surface area contributed by atoms with Crippen LogP contribution in [0.3, 0.4) is 0 Å². The Labute approximate surface area is 112 Å². The van der Waals surface area contributed by atoms with E-state index in [1.807, 2.05) is 0 Å². The first-order valence-corrected chi connectivity index (χ1v) is 6.75.